The monoisotopic (exact) mass is 504 g/mol. The zero-order chi connectivity index (χ0) is 25.8. The van der Waals surface area contributed by atoms with Crippen molar-refractivity contribution in [2.45, 2.75) is 69.5 Å². The minimum atomic E-state index is -1.14. The van der Waals surface area contributed by atoms with Crippen LogP contribution in [0.4, 0.5) is 0 Å². The summed E-state index contributed by atoms with van der Waals surface area (Å²) in [7, 11) is 0. The first-order valence-electron chi connectivity index (χ1n) is 12.5. The van der Waals surface area contributed by atoms with Crippen LogP contribution in [-0.2, 0) is 36.9 Å². The maximum absolute atomic E-state index is 13.1. The van der Waals surface area contributed by atoms with E-state index in [0.717, 1.165) is 11.1 Å². The van der Waals surface area contributed by atoms with Gasteiger partial charge >= 0.3 is 5.97 Å². The van der Waals surface area contributed by atoms with Crippen molar-refractivity contribution in [2.75, 3.05) is 0 Å². The Labute approximate surface area is 216 Å². The third kappa shape index (κ3) is 5.92. The van der Waals surface area contributed by atoms with Crippen LogP contribution in [-0.4, -0.2) is 53.5 Å². The van der Waals surface area contributed by atoms with Gasteiger partial charge in [-0.2, -0.15) is 0 Å². The Bertz CT molecular complexity index is 1150. The van der Waals surface area contributed by atoms with Gasteiger partial charge in [-0.15, -0.1) is 0 Å². The number of aliphatic hydroxyl groups excluding tert-OH is 1. The summed E-state index contributed by atoms with van der Waals surface area (Å²) < 4.78 is 30.9. The van der Waals surface area contributed by atoms with Crippen LogP contribution in [0.25, 0.3) is 0 Å². The molecule has 7 heteroatoms. The lowest BCUT2D eigenvalue weighted by molar-refractivity contribution is -0.225. The van der Waals surface area contributed by atoms with E-state index in [1.165, 1.54) is 0 Å². The van der Waals surface area contributed by atoms with Crippen molar-refractivity contribution >= 4 is 5.97 Å². The van der Waals surface area contributed by atoms with Gasteiger partial charge in [-0.05, 0) is 37.1 Å². The molecule has 0 amide bonds. The smallest absolute Gasteiger partial charge is 0.338 e. The molecule has 7 nitrogen and oxygen atoms in total. The van der Waals surface area contributed by atoms with Crippen LogP contribution in [0, 0.1) is 0 Å². The van der Waals surface area contributed by atoms with E-state index in [9.17, 15) is 9.90 Å². The molecule has 2 aliphatic rings. The van der Waals surface area contributed by atoms with Crippen molar-refractivity contribution in [2.24, 2.45) is 0 Å². The van der Waals surface area contributed by atoms with Crippen LogP contribution in [0.1, 0.15) is 35.3 Å². The Hall–Kier alpha value is -3.07. The molecule has 0 bridgehead atoms. The molecule has 1 N–H and O–H groups in total. The van der Waals surface area contributed by atoms with Gasteiger partial charge in [0.05, 0.1) is 18.8 Å². The van der Waals surface area contributed by atoms with Crippen LogP contribution >= 0.6 is 0 Å². The zero-order valence-corrected chi connectivity index (χ0v) is 20.9. The molecular weight excluding hydrogens is 472 g/mol. The number of rotatable bonds is 8. The summed E-state index contributed by atoms with van der Waals surface area (Å²) >= 11 is 0. The topological polar surface area (TPSA) is 83.5 Å². The van der Waals surface area contributed by atoms with Crippen molar-refractivity contribution in [3.63, 3.8) is 0 Å². The van der Waals surface area contributed by atoms with Gasteiger partial charge in [-0.25, -0.2) is 4.79 Å². The highest BCUT2D eigenvalue weighted by atomic mass is 16.8. The summed E-state index contributed by atoms with van der Waals surface area (Å²) in [6, 6.07) is 28.1. The van der Waals surface area contributed by atoms with E-state index in [1.54, 1.807) is 38.1 Å². The quantitative estimate of drug-likeness (QED) is 0.459. The number of fused-ring (bicyclic) bond motifs is 1. The molecule has 0 aromatic heterocycles. The lowest BCUT2D eigenvalue weighted by atomic mass is 9.84. The van der Waals surface area contributed by atoms with Gasteiger partial charge in [0.2, 0.25) is 0 Å². The minimum Gasteiger partial charge on any atom is -0.453 e. The molecule has 37 heavy (non-hydrogen) atoms. The number of hydrogen-bond donors (Lipinski definition) is 1. The normalized spacial score (nSPS) is 28.4. The van der Waals surface area contributed by atoms with E-state index in [-0.39, 0.29) is 13.2 Å². The van der Waals surface area contributed by atoms with E-state index in [4.69, 9.17) is 23.7 Å². The summed E-state index contributed by atoms with van der Waals surface area (Å²) in [5.74, 6) is -1.49. The number of benzene rings is 3. The average molecular weight is 505 g/mol. The van der Waals surface area contributed by atoms with Crippen molar-refractivity contribution < 1.29 is 33.6 Å². The van der Waals surface area contributed by atoms with E-state index >= 15 is 0 Å². The van der Waals surface area contributed by atoms with Gasteiger partial charge in [-0.3, -0.25) is 0 Å². The molecule has 1 aliphatic carbocycles. The Morgan fingerprint density at radius 1 is 0.730 bits per heavy atom. The number of carbonyl (C=O) groups is 1. The number of hydrogen-bond acceptors (Lipinski definition) is 7. The van der Waals surface area contributed by atoms with Crippen LogP contribution < -0.4 is 0 Å². The highest BCUT2D eigenvalue weighted by Crippen LogP contribution is 2.41. The summed E-state index contributed by atoms with van der Waals surface area (Å²) in [6.45, 7) is 4.08. The first-order chi connectivity index (χ1) is 17.9. The van der Waals surface area contributed by atoms with Crippen LogP contribution in [0.15, 0.2) is 91.0 Å². The summed E-state index contributed by atoms with van der Waals surface area (Å²) in [5, 5.41) is 11.6. The maximum Gasteiger partial charge on any atom is 0.338 e. The van der Waals surface area contributed by atoms with E-state index in [2.05, 4.69) is 0 Å². The molecule has 1 saturated heterocycles. The Morgan fingerprint density at radius 3 is 1.73 bits per heavy atom. The molecule has 194 valence electrons. The molecule has 1 saturated carbocycles. The first kappa shape index (κ1) is 25.6. The van der Waals surface area contributed by atoms with E-state index in [1.807, 2.05) is 66.7 Å². The van der Waals surface area contributed by atoms with Gasteiger partial charge in [0, 0.05) is 0 Å². The second-order valence-corrected chi connectivity index (χ2v) is 9.81. The number of aliphatic hydroxyl groups is 1. The van der Waals surface area contributed by atoms with Crippen molar-refractivity contribution in [3.05, 3.63) is 108 Å². The Morgan fingerprint density at radius 2 is 1.19 bits per heavy atom. The number of carbonyl (C=O) groups excluding carboxylic acids is 1. The average Bonchev–Trinajstić information content (AvgIpc) is 3.24. The molecule has 6 atom stereocenters. The van der Waals surface area contributed by atoms with Crippen LogP contribution in [0.5, 0.6) is 0 Å². The minimum absolute atomic E-state index is 0.217. The standard InChI is InChI=1S/C30H32O7/c1-30(2)36-27-25(34-19-21-14-8-4-9-15-21)23(31)24(33-18-20-12-6-3-7-13-20)26(28(27)37-30)35-29(32)22-16-10-5-11-17-22/h3-17,23-28,31H,18-19H2,1-2H3/t23-,24-,25+,26+,27-,28+/m1/s1. The lowest BCUT2D eigenvalue weighted by Crippen LogP contribution is -2.65. The highest BCUT2D eigenvalue weighted by molar-refractivity contribution is 5.89. The molecule has 0 unspecified atom stereocenters. The third-order valence-corrected chi connectivity index (χ3v) is 6.63. The van der Waals surface area contributed by atoms with Gasteiger partial charge in [0.15, 0.2) is 11.9 Å². The molecule has 5 rings (SSSR count). The third-order valence-electron chi connectivity index (χ3n) is 6.63. The molecular formula is C30H32O7. The molecule has 2 fully saturated rings. The van der Waals surface area contributed by atoms with Gasteiger partial charge in [0.25, 0.3) is 0 Å². The van der Waals surface area contributed by atoms with Gasteiger partial charge in [0.1, 0.15) is 30.5 Å². The molecule has 3 aromatic rings. The SMILES string of the molecule is CC1(C)O[C@H]2[C@@H](OC(=O)c3ccccc3)[C@H](OCc3ccccc3)[C@@H](O)[C@H](OCc3ccccc3)[C@H]2O1. The summed E-state index contributed by atoms with van der Waals surface area (Å²) in [5.41, 5.74) is 2.29. The second-order valence-electron chi connectivity index (χ2n) is 9.81. The summed E-state index contributed by atoms with van der Waals surface area (Å²) in [6.07, 6.45) is -5.10. The Kier molecular flexibility index (Phi) is 7.69. The van der Waals surface area contributed by atoms with Crippen LogP contribution in [0.2, 0.25) is 0 Å². The number of esters is 1. The maximum atomic E-state index is 13.1. The predicted molar refractivity (Wildman–Crippen MR) is 136 cm³/mol. The first-order valence-corrected chi connectivity index (χ1v) is 12.5. The Balaban J connectivity index is 1.43. The van der Waals surface area contributed by atoms with Gasteiger partial charge in [-0.1, -0.05) is 78.9 Å². The van der Waals surface area contributed by atoms with Crippen LogP contribution in [0.3, 0.4) is 0 Å². The van der Waals surface area contributed by atoms with E-state index in [0.29, 0.717) is 5.56 Å². The largest absolute Gasteiger partial charge is 0.453 e. The molecule has 1 aliphatic heterocycles. The molecule has 3 aromatic carbocycles. The number of ether oxygens (including phenoxy) is 5. The lowest BCUT2D eigenvalue weighted by Gasteiger charge is -2.44. The van der Waals surface area contributed by atoms with E-state index < -0.39 is 48.4 Å². The fourth-order valence-electron chi connectivity index (χ4n) is 4.91. The fourth-order valence-corrected chi connectivity index (χ4v) is 4.91. The van der Waals surface area contributed by atoms with Crippen molar-refractivity contribution in [3.8, 4) is 0 Å². The molecule has 1 heterocycles. The summed E-state index contributed by atoms with van der Waals surface area (Å²) in [4.78, 5) is 13.1. The van der Waals surface area contributed by atoms with Crippen molar-refractivity contribution in [1.29, 1.82) is 0 Å². The molecule has 0 radical (unpaired) electrons. The van der Waals surface area contributed by atoms with Gasteiger partial charge < -0.3 is 28.8 Å². The molecule has 0 spiro atoms. The zero-order valence-electron chi connectivity index (χ0n) is 20.9. The second kappa shape index (κ2) is 11.1. The highest BCUT2D eigenvalue weighted by Gasteiger charge is 2.60. The fraction of sp³-hybridized carbons (Fsp3) is 0.367. The van der Waals surface area contributed by atoms with Crippen molar-refractivity contribution in [1.82, 2.24) is 0 Å². The predicted octanol–water partition coefficient (Wildman–Crippen LogP) is 4.28.